The van der Waals surface area contributed by atoms with Gasteiger partial charge in [-0.05, 0) is 61.4 Å². The first-order valence-electron chi connectivity index (χ1n) is 15.3. The summed E-state index contributed by atoms with van der Waals surface area (Å²) in [5, 5.41) is 9.22. The van der Waals surface area contributed by atoms with Gasteiger partial charge in [0.2, 0.25) is 0 Å². The van der Waals surface area contributed by atoms with Gasteiger partial charge < -0.3 is 29.1 Å². The largest absolute Gasteiger partial charge is 0.453 e. The van der Waals surface area contributed by atoms with Crippen LogP contribution in [-0.2, 0) is 0 Å². The van der Waals surface area contributed by atoms with Crippen molar-refractivity contribution in [3.05, 3.63) is 97.1 Å². The summed E-state index contributed by atoms with van der Waals surface area (Å²) in [5.41, 5.74) is 11.1. The van der Waals surface area contributed by atoms with E-state index in [9.17, 15) is 0 Å². The summed E-state index contributed by atoms with van der Waals surface area (Å²) >= 11 is 0. The standard InChI is InChI=1S/C34H30N8O2/c1-5-13-27-21(9-1)41(22-10-2-6-14-28(22)43-27)25-17-18-26(32-31(25)39-19-35-37-33(39)34-38-36-20-40(32)34)42-23-11-3-7-15-29(23)44-30-16-8-4-12-24(30)42/h1-16,19-20,25-26,31-34,37-38H,17-18H2. The van der Waals surface area contributed by atoms with E-state index in [2.05, 4.69) is 113 Å². The molecule has 0 bridgehead atoms. The predicted octanol–water partition coefficient (Wildman–Crippen LogP) is 5.51. The number of anilines is 4. The van der Waals surface area contributed by atoms with Gasteiger partial charge in [0, 0.05) is 0 Å². The molecular weight excluding hydrogens is 552 g/mol. The summed E-state index contributed by atoms with van der Waals surface area (Å²) in [6.45, 7) is 0. The summed E-state index contributed by atoms with van der Waals surface area (Å²) in [5.74, 6) is 3.51. The fourth-order valence-electron chi connectivity index (χ4n) is 8.25. The minimum atomic E-state index is -0.0595. The number of piperazine rings is 1. The van der Waals surface area contributed by atoms with E-state index in [0.29, 0.717) is 0 Å². The number of hydrazone groups is 2. The normalized spacial score (nSPS) is 28.2. The van der Waals surface area contributed by atoms with Crippen LogP contribution in [0.15, 0.2) is 107 Å². The Morgan fingerprint density at radius 2 is 0.841 bits per heavy atom. The van der Waals surface area contributed by atoms with Gasteiger partial charge in [-0.15, -0.1) is 0 Å². The van der Waals surface area contributed by atoms with Crippen LogP contribution < -0.4 is 30.1 Å². The van der Waals surface area contributed by atoms with Crippen molar-refractivity contribution in [2.24, 2.45) is 10.2 Å². The first-order valence-corrected chi connectivity index (χ1v) is 15.3. The zero-order valence-electron chi connectivity index (χ0n) is 23.8. The SMILES string of the molecule is C1=NNC2C3NN=CN3C3C(N4c5ccccc5Oc5ccccc54)CCC(N4c5ccccc5Oc5ccccc54)C3N12. The van der Waals surface area contributed by atoms with Crippen LogP contribution in [-0.4, -0.2) is 59.0 Å². The number of hydrogen-bond acceptors (Lipinski definition) is 10. The van der Waals surface area contributed by atoms with Crippen molar-refractivity contribution in [2.45, 2.75) is 49.3 Å². The lowest BCUT2D eigenvalue weighted by Crippen LogP contribution is -2.78. The molecule has 6 atom stereocenters. The molecule has 10 nitrogen and oxygen atoms in total. The Morgan fingerprint density at radius 3 is 1.20 bits per heavy atom. The van der Waals surface area contributed by atoms with E-state index < -0.39 is 0 Å². The van der Waals surface area contributed by atoms with Crippen LogP contribution in [0.5, 0.6) is 23.0 Å². The second-order valence-corrected chi connectivity index (χ2v) is 12.0. The lowest BCUT2D eigenvalue weighted by molar-refractivity contribution is -0.0218. The van der Waals surface area contributed by atoms with Crippen molar-refractivity contribution in [2.75, 3.05) is 9.80 Å². The van der Waals surface area contributed by atoms with Gasteiger partial charge in [0.05, 0.1) is 46.9 Å². The maximum atomic E-state index is 6.43. The van der Waals surface area contributed by atoms with Crippen LogP contribution in [0.3, 0.4) is 0 Å². The highest BCUT2D eigenvalue weighted by Crippen LogP contribution is 2.54. The molecule has 10 heteroatoms. The number of rotatable bonds is 2. The Balaban J connectivity index is 1.16. The molecule has 2 N–H and O–H groups in total. The number of benzene rings is 4. The van der Waals surface area contributed by atoms with Crippen molar-refractivity contribution in [3.63, 3.8) is 0 Å². The number of hydrogen-bond donors (Lipinski definition) is 2. The third-order valence-electron chi connectivity index (χ3n) is 9.92. The first kappa shape index (κ1) is 24.1. The molecule has 0 amide bonds. The van der Waals surface area contributed by atoms with Crippen molar-refractivity contribution >= 4 is 35.4 Å². The minimum absolute atomic E-state index is 0.0569. The smallest absolute Gasteiger partial charge is 0.157 e. The summed E-state index contributed by atoms with van der Waals surface area (Å²) in [4.78, 5) is 9.91. The van der Waals surface area contributed by atoms with Gasteiger partial charge in [-0.3, -0.25) is 10.9 Å². The third-order valence-corrected chi connectivity index (χ3v) is 9.92. The molecule has 1 saturated carbocycles. The van der Waals surface area contributed by atoms with Crippen LogP contribution in [0.4, 0.5) is 22.7 Å². The van der Waals surface area contributed by atoms with Gasteiger partial charge in [-0.25, -0.2) is 0 Å². The highest BCUT2D eigenvalue weighted by atomic mass is 16.5. The average Bonchev–Trinajstić information content (AvgIpc) is 3.76. The summed E-state index contributed by atoms with van der Waals surface area (Å²) < 4.78 is 12.9. The van der Waals surface area contributed by atoms with Crippen molar-refractivity contribution < 1.29 is 9.47 Å². The molecule has 1 saturated heterocycles. The first-order chi connectivity index (χ1) is 21.8. The Bertz CT molecular complexity index is 1620. The van der Waals surface area contributed by atoms with Crippen LogP contribution >= 0.6 is 0 Å². The molecule has 0 aromatic heterocycles. The molecule has 5 heterocycles. The van der Waals surface area contributed by atoms with Gasteiger partial charge in [0.15, 0.2) is 35.3 Å². The van der Waals surface area contributed by atoms with Crippen molar-refractivity contribution in [1.82, 2.24) is 20.7 Å². The van der Waals surface area contributed by atoms with E-state index in [1.165, 1.54) is 0 Å². The van der Waals surface area contributed by atoms with Gasteiger partial charge in [-0.1, -0.05) is 48.5 Å². The van der Waals surface area contributed by atoms with Crippen LogP contribution in [0, 0.1) is 0 Å². The zero-order valence-corrected chi connectivity index (χ0v) is 23.8. The van der Waals surface area contributed by atoms with E-state index >= 15 is 0 Å². The van der Waals surface area contributed by atoms with Crippen molar-refractivity contribution in [3.8, 4) is 23.0 Å². The van der Waals surface area contributed by atoms with Gasteiger partial charge in [0.1, 0.15) is 12.7 Å². The lowest BCUT2D eigenvalue weighted by atomic mass is 9.76. The number of ether oxygens (including phenoxy) is 2. The number of fused-ring (bicyclic) bond motifs is 10. The summed E-state index contributed by atoms with van der Waals surface area (Å²) in [7, 11) is 0. The van der Waals surface area contributed by atoms with Crippen LogP contribution in [0.1, 0.15) is 12.8 Å². The molecule has 0 radical (unpaired) electrons. The van der Waals surface area contributed by atoms with E-state index in [0.717, 1.165) is 58.6 Å². The monoisotopic (exact) mass is 582 g/mol. The van der Waals surface area contributed by atoms with Gasteiger partial charge in [-0.2, -0.15) is 10.2 Å². The maximum Gasteiger partial charge on any atom is 0.157 e. The molecule has 1 aliphatic carbocycles. The second-order valence-electron chi connectivity index (χ2n) is 12.0. The molecule has 5 aliphatic heterocycles. The second kappa shape index (κ2) is 9.06. The van der Waals surface area contributed by atoms with Crippen LogP contribution in [0.2, 0.25) is 0 Å². The Hall–Kier alpha value is -5.38. The molecule has 4 aromatic rings. The van der Waals surface area contributed by atoms with Crippen molar-refractivity contribution in [1.29, 1.82) is 0 Å². The topological polar surface area (TPSA) is 80.2 Å². The fourth-order valence-corrected chi connectivity index (χ4v) is 8.25. The molecule has 218 valence electrons. The Labute approximate surface area is 254 Å². The molecule has 2 fully saturated rings. The molecule has 0 spiro atoms. The average molecular weight is 583 g/mol. The highest BCUT2D eigenvalue weighted by molar-refractivity contribution is 5.81. The molecule has 6 aliphatic rings. The quantitative estimate of drug-likeness (QED) is 0.321. The van der Waals surface area contributed by atoms with E-state index in [1.807, 2.05) is 36.9 Å². The lowest BCUT2D eigenvalue weighted by Gasteiger charge is -2.60. The molecule has 6 unspecified atom stereocenters. The molecule has 44 heavy (non-hydrogen) atoms. The zero-order chi connectivity index (χ0) is 28.8. The van der Waals surface area contributed by atoms with Crippen LogP contribution in [0.25, 0.3) is 0 Å². The minimum Gasteiger partial charge on any atom is -0.453 e. The highest BCUT2D eigenvalue weighted by Gasteiger charge is 2.59. The van der Waals surface area contributed by atoms with Gasteiger partial charge >= 0.3 is 0 Å². The van der Waals surface area contributed by atoms with E-state index in [4.69, 9.17) is 9.47 Å². The molecule has 10 rings (SSSR count). The Kier molecular flexibility index (Phi) is 4.96. The maximum absolute atomic E-state index is 6.43. The number of nitrogens with one attached hydrogen (secondary N) is 2. The molecular formula is C34H30N8O2. The summed E-state index contributed by atoms with van der Waals surface area (Å²) in [6.07, 6.45) is 5.78. The number of nitrogens with zero attached hydrogens (tertiary/aromatic N) is 6. The third kappa shape index (κ3) is 3.25. The fraction of sp³-hybridized carbons (Fsp3) is 0.235. The molecule has 4 aromatic carbocycles. The number of para-hydroxylation sites is 8. The predicted molar refractivity (Wildman–Crippen MR) is 169 cm³/mol. The van der Waals surface area contributed by atoms with E-state index in [1.54, 1.807) is 0 Å². The Morgan fingerprint density at radius 1 is 0.500 bits per heavy atom. The van der Waals surface area contributed by atoms with E-state index in [-0.39, 0.29) is 36.5 Å². The van der Waals surface area contributed by atoms with Gasteiger partial charge in [0.25, 0.3) is 0 Å². The summed E-state index contributed by atoms with van der Waals surface area (Å²) in [6, 6.07) is 33.9.